The Hall–Kier alpha value is -2.65. The summed E-state index contributed by atoms with van der Waals surface area (Å²) in [4.78, 5) is 36.7. The van der Waals surface area contributed by atoms with Crippen LogP contribution in [0.15, 0.2) is 15.3 Å². The first-order chi connectivity index (χ1) is 14.9. The molecule has 1 unspecified atom stereocenters. The van der Waals surface area contributed by atoms with Gasteiger partial charge in [-0.1, -0.05) is 0 Å². The number of ether oxygens (including phenoxy) is 1. The summed E-state index contributed by atoms with van der Waals surface area (Å²) in [6.07, 6.45) is 1.79. The summed E-state index contributed by atoms with van der Waals surface area (Å²) in [5.74, 6) is 1.88. The molecule has 4 heterocycles. The van der Waals surface area contributed by atoms with Crippen molar-refractivity contribution in [3.63, 3.8) is 0 Å². The zero-order valence-corrected chi connectivity index (χ0v) is 18.5. The van der Waals surface area contributed by atoms with Crippen LogP contribution < -0.4 is 15.8 Å². The number of furan rings is 1. The first-order valence-electron chi connectivity index (χ1n) is 10.9. The summed E-state index contributed by atoms with van der Waals surface area (Å²) in [5.41, 5.74) is 1.83. The molecule has 0 spiro atoms. The van der Waals surface area contributed by atoms with Crippen LogP contribution in [0.3, 0.4) is 0 Å². The van der Waals surface area contributed by atoms with Gasteiger partial charge in [0.1, 0.15) is 11.5 Å². The van der Waals surface area contributed by atoms with Crippen molar-refractivity contribution in [2.45, 2.75) is 46.2 Å². The second-order valence-corrected chi connectivity index (χ2v) is 8.43. The van der Waals surface area contributed by atoms with Crippen LogP contribution in [0.2, 0.25) is 0 Å². The molecule has 0 aromatic carbocycles. The van der Waals surface area contributed by atoms with Gasteiger partial charge in [-0.3, -0.25) is 19.5 Å². The van der Waals surface area contributed by atoms with Crippen molar-refractivity contribution < 1.29 is 13.9 Å². The minimum atomic E-state index is -0.122. The number of nitrogens with zero attached hydrogens (tertiary/aromatic N) is 3. The first-order valence-corrected chi connectivity index (χ1v) is 10.9. The van der Waals surface area contributed by atoms with Crippen molar-refractivity contribution in [2.75, 3.05) is 44.3 Å². The lowest BCUT2D eigenvalue weighted by atomic mass is 10.1. The fourth-order valence-corrected chi connectivity index (χ4v) is 4.16. The molecule has 2 aromatic heterocycles. The predicted octanol–water partition coefficient (Wildman–Crippen LogP) is 1.52. The van der Waals surface area contributed by atoms with Crippen molar-refractivity contribution in [3.8, 4) is 0 Å². The second kappa shape index (κ2) is 9.23. The number of amides is 1. The van der Waals surface area contributed by atoms with Crippen LogP contribution in [0, 0.1) is 20.8 Å². The zero-order chi connectivity index (χ0) is 22.0. The Morgan fingerprint density at radius 2 is 2.03 bits per heavy atom. The standard InChI is InChI=1S/C22H31N5O4/c1-14-15(2)23-22(25-20(14)28)27-6-4-5-17(12-27)24-21(29)19-11-18(31-16(19)3)13-26-7-9-30-10-8-26/h11,17H,4-10,12-13H2,1-3H3,(H,24,29)(H,23,25,28). The van der Waals surface area contributed by atoms with Gasteiger partial charge in [-0.05, 0) is 39.7 Å². The smallest absolute Gasteiger partial charge is 0.255 e. The van der Waals surface area contributed by atoms with E-state index in [1.807, 2.05) is 24.8 Å². The number of hydrogen-bond acceptors (Lipinski definition) is 7. The molecule has 9 heteroatoms. The van der Waals surface area contributed by atoms with E-state index in [4.69, 9.17) is 9.15 Å². The number of hydrogen-bond donors (Lipinski definition) is 2. The quantitative estimate of drug-likeness (QED) is 0.743. The van der Waals surface area contributed by atoms with Gasteiger partial charge in [-0.15, -0.1) is 0 Å². The highest BCUT2D eigenvalue weighted by atomic mass is 16.5. The SMILES string of the molecule is Cc1nc(N2CCCC(NC(=O)c3cc(CN4CCOCC4)oc3C)C2)[nH]c(=O)c1C. The number of aromatic amines is 1. The Balaban J connectivity index is 1.40. The maximum atomic E-state index is 12.9. The summed E-state index contributed by atoms with van der Waals surface area (Å²) < 4.78 is 11.2. The number of carbonyl (C=O) groups is 1. The largest absolute Gasteiger partial charge is 0.464 e. The summed E-state index contributed by atoms with van der Waals surface area (Å²) >= 11 is 0. The number of morpholine rings is 1. The number of piperidine rings is 1. The highest BCUT2D eigenvalue weighted by Crippen LogP contribution is 2.20. The van der Waals surface area contributed by atoms with Crippen LogP contribution >= 0.6 is 0 Å². The van der Waals surface area contributed by atoms with Gasteiger partial charge in [0.15, 0.2) is 0 Å². The second-order valence-electron chi connectivity index (χ2n) is 8.43. The minimum Gasteiger partial charge on any atom is -0.464 e. The summed E-state index contributed by atoms with van der Waals surface area (Å²) in [6.45, 7) is 10.7. The lowest BCUT2D eigenvalue weighted by Crippen LogP contribution is -2.48. The van der Waals surface area contributed by atoms with E-state index >= 15 is 0 Å². The van der Waals surface area contributed by atoms with Gasteiger partial charge in [0.05, 0.1) is 25.3 Å². The maximum Gasteiger partial charge on any atom is 0.255 e. The van der Waals surface area contributed by atoms with E-state index < -0.39 is 0 Å². The van der Waals surface area contributed by atoms with E-state index in [0.29, 0.717) is 35.9 Å². The molecule has 2 aliphatic heterocycles. The number of anilines is 1. The third-order valence-electron chi connectivity index (χ3n) is 6.13. The van der Waals surface area contributed by atoms with Crippen molar-refractivity contribution in [3.05, 3.63) is 44.8 Å². The lowest BCUT2D eigenvalue weighted by Gasteiger charge is -2.33. The molecule has 0 aliphatic carbocycles. The van der Waals surface area contributed by atoms with Gasteiger partial charge in [0.2, 0.25) is 5.95 Å². The van der Waals surface area contributed by atoms with Gasteiger partial charge in [0, 0.05) is 43.5 Å². The predicted molar refractivity (Wildman–Crippen MR) is 117 cm³/mol. The first kappa shape index (κ1) is 21.6. The van der Waals surface area contributed by atoms with E-state index in [1.165, 1.54) is 0 Å². The average Bonchev–Trinajstić information content (AvgIpc) is 3.12. The van der Waals surface area contributed by atoms with Crippen molar-refractivity contribution in [1.29, 1.82) is 0 Å². The molecule has 2 N–H and O–H groups in total. The fraction of sp³-hybridized carbons (Fsp3) is 0.591. The average molecular weight is 430 g/mol. The molecule has 2 aromatic rings. The highest BCUT2D eigenvalue weighted by molar-refractivity contribution is 5.95. The summed E-state index contributed by atoms with van der Waals surface area (Å²) in [6, 6.07) is 1.83. The van der Waals surface area contributed by atoms with Gasteiger partial charge in [-0.25, -0.2) is 4.98 Å². The number of nitrogens with one attached hydrogen (secondary N) is 2. The van der Waals surface area contributed by atoms with Crippen LogP contribution in [-0.2, 0) is 11.3 Å². The Morgan fingerprint density at radius 3 is 2.77 bits per heavy atom. The molecule has 4 rings (SSSR count). The Labute approximate surface area is 181 Å². The van der Waals surface area contributed by atoms with Crippen LogP contribution in [0.4, 0.5) is 5.95 Å². The van der Waals surface area contributed by atoms with E-state index in [1.54, 1.807) is 6.92 Å². The molecule has 2 saturated heterocycles. The number of carbonyl (C=O) groups excluding carboxylic acids is 1. The van der Waals surface area contributed by atoms with E-state index in [0.717, 1.165) is 57.1 Å². The number of aryl methyl sites for hydroxylation is 2. The van der Waals surface area contributed by atoms with E-state index in [-0.39, 0.29) is 17.5 Å². The topological polar surface area (TPSA) is 104 Å². The molecule has 0 bridgehead atoms. The molecule has 1 amide bonds. The Morgan fingerprint density at radius 1 is 1.26 bits per heavy atom. The molecular weight excluding hydrogens is 398 g/mol. The molecule has 9 nitrogen and oxygen atoms in total. The summed E-state index contributed by atoms with van der Waals surface area (Å²) in [5, 5.41) is 3.14. The van der Waals surface area contributed by atoms with Gasteiger partial charge < -0.3 is 19.4 Å². The summed E-state index contributed by atoms with van der Waals surface area (Å²) in [7, 11) is 0. The fourth-order valence-electron chi connectivity index (χ4n) is 4.16. The number of aromatic nitrogens is 2. The maximum absolute atomic E-state index is 12.9. The van der Waals surface area contributed by atoms with Crippen LogP contribution in [0.25, 0.3) is 0 Å². The Bertz CT molecular complexity index is 992. The number of H-pyrrole nitrogens is 1. The van der Waals surface area contributed by atoms with Crippen molar-refractivity contribution in [2.24, 2.45) is 0 Å². The molecular formula is C22H31N5O4. The highest BCUT2D eigenvalue weighted by Gasteiger charge is 2.25. The molecule has 31 heavy (non-hydrogen) atoms. The molecule has 2 aliphatic rings. The normalized spacial score (nSPS) is 20.1. The molecule has 2 fully saturated rings. The molecule has 168 valence electrons. The van der Waals surface area contributed by atoms with E-state index in [2.05, 4.69) is 20.2 Å². The van der Waals surface area contributed by atoms with Crippen molar-refractivity contribution in [1.82, 2.24) is 20.2 Å². The third-order valence-corrected chi connectivity index (χ3v) is 6.13. The van der Waals surface area contributed by atoms with Crippen LogP contribution in [0.5, 0.6) is 0 Å². The van der Waals surface area contributed by atoms with Gasteiger partial charge in [-0.2, -0.15) is 0 Å². The zero-order valence-electron chi connectivity index (χ0n) is 18.5. The van der Waals surface area contributed by atoms with Crippen molar-refractivity contribution >= 4 is 11.9 Å². The molecule has 0 saturated carbocycles. The number of rotatable bonds is 5. The monoisotopic (exact) mass is 429 g/mol. The lowest BCUT2D eigenvalue weighted by molar-refractivity contribution is 0.0312. The van der Waals surface area contributed by atoms with Gasteiger partial charge in [0.25, 0.3) is 11.5 Å². The van der Waals surface area contributed by atoms with Crippen LogP contribution in [0.1, 0.15) is 46.0 Å². The van der Waals surface area contributed by atoms with Gasteiger partial charge >= 0.3 is 0 Å². The Kier molecular flexibility index (Phi) is 6.43. The van der Waals surface area contributed by atoms with Crippen LogP contribution in [-0.4, -0.2) is 66.2 Å². The van der Waals surface area contributed by atoms with E-state index in [9.17, 15) is 9.59 Å². The molecule has 0 radical (unpaired) electrons. The molecule has 1 atom stereocenters. The minimum absolute atomic E-state index is 0.0230. The third kappa shape index (κ3) is 4.99.